The summed E-state index contributed by atoms with van der Waals surface area (Å²) in [5, 5.41) is 5.15. The fraction of sp³-hybridized carbons (Fsp3) is 0.278. The molecule has 0 radical (unpaired) electrons. The Bertz CT molecular complexity index is 918. The maximum absolute atomic E-state index is 12.3. The zero-order valence-electron chi connectivity index (χ0n) is 13.7. The Balaban J connectivity index is 1.82. The highest BCUT2D eigenvalue weighted by Gasteiger charge is 2.21. The summed E-state index contributed by atoms with van der Waals surface area (Å²) >= 11 is 6.22. The quantitative estimate of drug-likeness (QED) is 0.518. The summed E-state index contributed by atoms with van der Waals surface area (Å²) < 4.78 is 10.4. The van der Waals surface area contributed by atoms with Crippen molar-refractivity contribution < 1.29 is 14.1 Å². The van der Waals surface area contributed by atoms with Gasteiger partial charge in [0, 0.05) is 10.9 Å². The number of pyridine rings is 1. The van der Waals surface area contributed by atoms with Crippen LogP contribution >= 0.6 is 11.6 Å². The minimum absolute atomic E-state index is 0.0439. The normalized spacial score (nSPS) is 11.0. The van der Waals surface area contributed by atoms with E-state index >= 15 is 0 Å². The summed E-state index contributed by atoms with van der Waals surface area (Å²) in [6, 6.07) is 7.82. The molecular formula is C18H17ClN2O3. The van der Waals surface area contributed by atoms with Crippen LogP contribution in [-0.2, 0) is 17.8 Å². The molecule has 0 bridgehead atoms. The third-order valence-electron chi connectivity index (χ3n) is 3.83. The Kier molecular flexibility index (Phi) is 4.53. The smallest absolute Gasteiger partial charge is 0.344 e. The summed E-state index contributed by atoms with van der Waals surface area (Å²) in [7, 11) is 0. The van der Waals surface area contributed by atoms with Crippen molar-refractivity contribution in [3.63, 3.8) is 0 Å². The van der Waals surface area contributed by atoms with Crippen LogP contribution < -0.4 is 0 Å². The molecule has 0 fully saturated rings. The first-order chi connectivity index (χ1) is 11.5. The van der Waals surface area contributed by atoms with Crippen LogP contribution in [0.5, 0.6) is 0 Å². The number of esters is 1. The summed E-state index contributed by atoms with van der Waals surface area (Å²) in [5.74, 6) is -0.0132. The minimum atomic E-state index is -0.467. The van der Waals surface area contributed by atoms with Gasteiger partial charge in [0.1, 0.15) is 23.1 Å². The Morgan fingerprint density at radius 3 is 2.83 bits per heavy atom. The molecule has 0 saturated heterocycles. The van der Waals surface area contributed by atoms with Gasteiger partial charge in [-0.3, -0.25) is 0 Å². The van der Waals surface area contributed by atoms with E-state index in [0.717, 1.165) is 16.5 Å². The SMILES string of the molecule is CCc1noc(C)c1C(=O)OCc1cc2ccc(C)cc2nc1Cl. The van der Waals surface area contributed by atoms with E-state index in [1.165, 1.54) is 0 Å². The van der Waals surface area contributed by atoms with E-state index in [-0.39, 0.29) is 6.61 Å². The molecule has 6 heteroatoms. The molecule has 0 saturated carbocycles. The van der Waals surface area contributed by atoms with E-state index in [9.17, 15) is 4.79 Å². The van der Waals surface area contributed by atoms with Gasteiger partial charge >= 0.3 is 5.97 Å². The van der Waals surface area contributed by atoms with Crippen LogP contribution in [0.15, 0.2) is 28.8 Å². The molecule has 2 aromatic heterocycles. The fourth-order valence-electron chi connectivity index (χ4n) is 2.53. The molecule has 2 heterocycles. The molecule has 0 aliphatic rings. The van der Waals surface area contributed by atoms with Crippen molar-refractivity contribution in [3.8, 4) is 0 Å². The van der Waals surface area contributed by atoms with Crippen molar-refractivity contribution in [1.82, 2.24) is 10.1 Å². The highest BCUT2D eigenvalue weighted by Crippen LogP contribution is 2.23. The summed E-state index contributed by atoms with van der Waals surface area (Å²) in [6.07, 6.45) is 0.597. The molecule has 0 N–H and O–H groups in total. The predicted molar refractivity (Wildman–Crippen MR) is 91.2 cm³/mol. The van der Waals surface area contributed by atoms with Gasteiger partial charge in [-0.05, 0) is 38.0 Å². The Morgan fingerprint density at radius 1 is 1.29 bits per heavy atom. The van der Waals surface area contributed by atoms with Crippen molar-refractivity contribution in [2.75, 3.05) is 0 Å². The molecule has 3 aromatic rings. The topological polar surface area (TPSA) is 65.2 Å². The number of rotatable bonds is 4. The largest absolute Gasteiger partial charge is 0.457 e. The van der Waals surface area contributed by atoms with E-state index < -0.39 is 5.97 Å². The number of fused-ring (bicyclic) bond motifs is 1. The summed E-state index contributed by atoms with van der Waals surface area (Å²) in [6.45, 7) is 5.63. The number of hydrogen-bond acceptors (Lipinski definition) is 5. The van der Waals surface area contributed by atoms with E-state index in [1.54, 1.807) is 6.92 Å². The number of halogens is 1. The third-order valence-corrected chi connectivity index (χ3v) is 4.16. The number of hydrogen-bond donors (Lipinski definition) is 0. The number of aryl methyl sites for hydroxylation is 3. The Hall–Kier alpha value is -2.40. The van der Waals surface area contributed by atoms with Gasteiger partial charge in [-0.1, -0.05) is 35.8 Å². The van der Waals surface area contributed by atoms with E-state index in [1.807, 2.05) is 38.1 Å². The van der Waals surface area contributed by atoms with E-state index in [0.29, 0.717) is 34.2 Å². The first kappa shape index (κ1) is 16.5. The first-order valence-corrected chi connectivity index (χ1v) is 8.05. The van der Waals surface area contributed by atoms with Crippen molar-refractivity contribution in [3.05, 3.63) is 57.6 Å². The Labute approximate surface area is 144 Å². The molecule has 0 amide bonds. The van der Waals surface area contributed by atoms with Gasteiger partial charge in [-0.2, -0.15) is 0 Å². The molecular weight excluding hydrogens is 328 g/mol. The number of nitrogens with zero attached hydrogens (tertiary/aromatic N) is 2. The molecule has 0 aliphatic heterocycles. The van der Waals surface area contributed by atoms with Crippen LogP contribution in [-0.4, -0.2) is 16.1 Å². The molecule has 0 unspecified atom stereocenters. The zero-order valence-corrected chi connectivity index (χ0v) is 14.5. The fourth-order valence-corrected chi connectivity index (χ4v) is 2.74. The van der Waals surface area contributed by atoms with Gasteiger partial charge < -0.3 is 9.26 Å². The van der Waals surface area contributed by atoms with Gasteiger partial charge in [-0.15, -0.1) is 0 Å². The minimum Gasteiger partial charge on any atom is -0.457 e. The molecule has 5 nitrogen and oxygen atoms in total. The summed E-state index contributed by atoms with van der Waals surface area (Å²) in [4.78, 5) is 16.7. The Morgan fingerprint density at radius 2 is 2.08 bits per heavy atom. The molecule has 0 aliphatic carbocycles. The average molecular weight is 345 g/mol. The second kappa shape index (κ2) is 6.61. The highest BCUT2D eigenvalue weighted by molar-refractivity contribution is 6.30. The number of carbonyl (C=O) groups excluding carboxylic acids is 1. The lowest BCUT2D eigenvalue weighted by molar-refractivity contribution is 0.0469. The van der Waals surface area contributed by atoms with Crippen LogP contribution in [0, 0.1) is 13.8 Å². The zero-order chi connectivity index (χ0) is 17.3. The maximum atomic E-state index is 12.3. The molecule has 0 spiro atoms. The van der Waals surface area contributed by atoms with Gasteiger partial charge in [0.2, 0.25) is 0 Å². The number of carbonyl (C=O) groups is 1. The molecule has 124 valence electrons. The lowest BCUT2D eigenvalue weighted by atomic mass is 10.1. The van der Waals surface area contributed by atoms with Gasteiger partial charge in [-0.25, -0.2) is 9.78 Å². The third kappa shape index (κ3) is 3.12. The van der Waals surface area contributed by atoms with Crippen LogP contribution in [0.1, 0.15) is 39.9 Å². The van der Waals surface area contributed by atoms with Crippen LogP contribution in [0.4, 0.5) is 0 Å². The molecule has 24 heavy (non-hydrogen) atoms. The highest BCUT2D eigenvalue weighted by atomic mass is 35.5. The molecule has 1 aromatic carbocycles. The van der Waals surface area contributed by atoms with Crippen molar-refractivity contribution in [1.29, 1.82) is 0 Å². The lowest BCUT2D eigenvalue weighted by Crippen LogP contribution is -2.09. The molecule has 3 rings (SSSR count). The standard InChI is InChI=1S/C18H17ClN2O3/c1-4-14-16(11(3)24-21-14)18(22)23-9-13-8-12-6-5-10(2)7-15(12)20-17(13)19/h5-8H,4,9H2,1-3H3. The summed E-state index contributed by atoms with van der Waals surface area (Å²) in [5.41, 5.74) is 3.57. The second-order valence-electron chi connectivity index (χ2n) is 5.62. The van der Waals surface area contributed by atoms with Crippen molar-refractivity contribution in [2.24, 2.45) is 0 Å². The number of aromatic nitrogens is 2. The molecule has 0 atom stereocenters. The second-order valence-corrected chi connectivity index (χ2v) is 5.98. The average Bonchev–Trinajstić information content (AvgIpc) is 2.93. The van der Waals surface area contributed by atoms with Gasteiger partial charge in [0.15, 0.2) is 0 Å². The predicted octanol–water partition coefficient (Wildman–Crippen LogP) is 4.41. The van der Waals surface area contributed by atoms with Crippen LogP contribution in [0.3, 0.4) is 0 Å². The van der Waals surface area contributed by atoms with Gasteiger partial charge in [0.05, 0.1) is 11.2 Å². The number of benzene rings is 1. The van der Waals surface area contributed by atoms with Crippen molar-refractivity contribution >= 4 is 28.5 Å². The maximum Gasteiger partial charge on any atom is 0.344 e. The van der Waals surface area contributed by atoms with Crippen LogP contribution in [0.25, 0.3) is 10.9 Å². The van der Waals surface area contributed by atoms with Crippen molar-refractivity contribution in [2.45, 2.75) is 33.8 Å². The van der Waals surface area contributed by atoms with Gasteiger partial charge in [0.25, 0.3) is 0 Å². The first-order valence-electron chi connectivity index (χ1n) is 7.67. The monoisotopic (exact) mass is 344 g/mol. The van der Waals surface area contributed by atoms with E-state index in [2.05, 4.69) is 10.1 Å². The van der Waals surface area contributed by atoms with E-state index in [4.69, 9.17) is 20.9 Å². The lowest BCUT2D eigenvalue weighted by Gasteiger charge is -2.08. The number of ether oxygens (including phenoxy) is 1. The van der Waals surface area contributed by atoms with Crippen LogP contribution in [0.2, 0.25) is 5.15 Å².